The number of piperazine rings is 1. The second kappa shape index (κ2) is 5.46. The van der Waals surface area contributed by atoms with Gasteiger partial charge in [-0.2, -0.15) is 5.10 Å². The molecule has 0 radical (unpaired) electrons. The summed E-state index contributed by atoms with van der Waals surface area (Å²) in [4.78, 5) is 40.3. The quantitative estimate of drug-likeness (QED) is 0.631. The first-order valence-electron chi connectivity index (χ1n) is 5.64. The predicted octanol–water partition coefficient (Wildman–Crippen LogP) is -1.69. The lowest BCUT2D eigenvalue weighted by Crippen LogP contribution is -2.58. The molecule has 1 aliphatic rings. The first-order chi connectivity index (χ1) is 9.13. The van der Waals surface area contributed by atoms with Gasteiger partial charge in [0.1, 0.15) is 12.4 Å². The molecule has 1 fully saturated rings. The van der Waals surface area contributed by atoms with Gasteiger partial charge in [0, 0.05) is 13.1 Å². The first kappa shape index (κ1) is 13.0. The average molecular weight is 267 g/mol. The van der Waals surface area contributed by atoms with Crippen molar-refractivity contribution in [2.24, 2.45) is 0 Å². The molecule has 9 nitrogen and oxygen atoms in total. The van der Waals surface area contributed by atoms with E-state index in [-0.39, 0.29) is 18.2 Å². The van der Waals surface area contributed by atoms with Crippen molar-refractivity contribution in [2.75, 3.05) is 20.2 Å². The lowest BCUT2D eigenvalue weighted by molar-refractivity contribution is -0.145. The molecule has 0 aliphatic carbocycles. The van der Waals surface area contributed by atoms with Gasteiger partial charge in [0.2, 0.25) is 11.7 Å². The monoisotopic (exact) mass is 267 g/mol. The molecular weight excluding hydrogens is 254 g/mol. The molecule has 0 unspecified atom stereocenters. The van der Waals surface area contributed by atoms with Crippen LogP contribution in [-0.4, -0.2) is 64.1 Å². The highest BCUT2D eigenvalue weighted by Gasteiger charge is 2.36. The Labute approximate surface area is 108 Å². The van der Waals surface area contributed by atoms with E-state index < -0.39 is 17.9 Å². The SMILES string of the molecule is COC(=O)C[C@@H]1C(=O)NCCN1C(=O)c1ncn[nH]1. The molecule has 1 aromatic heterocycles. The molecule has 1 aliphatic heterocycles. The van der Waals surface area contributed by atoms with Crippen LogP contribution in [0.5, 0.6) is 0 Å². The molecular formula is C10H13N5O4. The highest BCUT2D eigenvalue weighted by Crippen LogP contribution is 2.12. The van der Waals surface area contributed by atoms with Gasteiger partial charge >= 0.3 is 5.97 Å². The molecule has 0 bridgehead atoms. The summed E-state index contributed by atoms with van der Waals surface area (Å²) in [6.07, 6.45) is 1.01. The number of ether oxygens (including phenoxy) is 1. The van der Waals surface area contributed by atoms with Crippen molar-refractivity contribution < 1.29 is 19.1 Å². The van der Waals surface area contributed by atoms with Gasteiger partial charge in [0.05, 0.1) is 13.5 Å². The number of aromatic amines is 1. The number of nitrogens with zero attached hydrogens (tertiary/aromatic N) is 3. The van der Waals surface area contributed by atoms with Crippen LogP contribution in [0.4, 0.5) is 0 Å². The molecule has 9 heteroatoms. The molecule has 2 heterocycles. The number of aromatic nitrogens is 3. The summed E-state index contributed by atoms with van der Waals surface area (Å²) in [5.74, 6) is -1.38. The number of nitrogens with one attached hydrogen (secondary N) is 2. The molecule has 2 rings (SSSR count). The van der Waals surface area contributed by atoms with Crippen LogP contribution >= 0.6 is 0 Å². The van der Waals surface area contributed by atoms with E-state index in [2.05, 4.69) is 25.2 Å². The summed E-state index contributed by atoms with van der Waals surface area (Å²) in [5, 5.41) is 8.63. The maximum absolute atomic E-state index is 12.1. The van der Waals surface area contributed by atoms with Crippen molar-refractivity contribution in [3.63, 3.8) is 0 Å². The minimum Gasteiger partial charge on any atom is -0.469 e. The summed E-state index contributed by atoms with van der Waals surface area (Å²) in [7, 11) is 1.23. The highest BCUT2D eigenvalue weighted by molar-refractivity contribution is 5.97. The fourth-order valence-corrected chi connectivity index (χ4v) is 1.85. The standard InChI is InChI=1S/C10H13N5O4/c1-19-7(16)4-6-9(17)11-2-3-15(6)10(18)8-12-5-13-14-8/h5-6H,2-4H2,1H3,(H,11,17)(H,12,13,14)/t6-/m1/s1. The van der Waals surface area contributed by atoms with Gasteiger partial charge in [0.15, 0.2) is 0 Å². The van der Waals surface area contributed by atoms with E-state index >= 15 is 0 Å². The molecule has 1 atom stereocenters. The number of hydrogen-bond acceptors (Lipinski definition) is 6. The first-order valence-corrected chi connectivity index (χ1v) is 5.64. The summed E-state index contributed by atoms with van der Waals surface area (Å²) in [6.45, 7) is 0.628. The molecule has 2 amide bonds. The third kappa shape index (κ3) is 2.69. The summed E-state index contributed by atoms with van der Waals surface area (Å²) < 4.78 is 4.53. The number of carbonyl (C=O) groups excluding carboxylic acids is 3. The molecule has 0 saturated carbocycles. The maximum atomic E-state index is 12.1. The summed E-state index contributed by atoms with van der Waals surface area (Å²) >= 11 is 0. The van der Waals surface area contributed by atoms with Crippen LogP contribution in [-0.2, 0) is 14.3 Å². The average Bonchev–Trinajstić information content (AvgIpc) is 2.94. The predicted molar refractivity (Wildman–Crippen MR) is 60.8 cm³/mol. The zero-order valence-electron chi connectivity index (χ0n) is 10.3. The summed E-state index contributed by atoms with van der Waals surface area (Å²) in [6, 6.07) is -0.890. The van der Waals surface area contributed by atoms with Gasteiger partial charge in [-0.05, 0) is 0 Å². The molecule has 102 valence electrons. The normalized spacial score (nSPS) is 18.9. The van der Waals surface area contributed by atoms with Gasteiger partial charge < -0.3 is 15.0 Å². The van der Waals surface area contributed by atoms with Crippen molar-refractivity contribution in [3.05, 3.63) is 12.2 Å². The number of methoxy groups -OCH3 is 1. The number of amides is 2. The Hall–Kier alpha value is -2.45. The van der Waals surface area contributed by atoms with Gasteiger partial charge in [-0.15, -0.1) is 0 Å². The van der Waals surface area contributed by atoms with Crippen molar-refractivity contribution in [2.45, 2.75) is 12.5 Å². The van der Waals surface area contributed by atoms with E-state index in [9.17, 15) is 14.4 Å². The minimum absolute atomic E-state index is 0.0320. The van der Waals surface area contributed by atoms with E-state index in [1.807, 2.05) is 0 Å². The number of carbonyl (C=O) groups is 3. The second-order valence-electron chi connectivity index (χ2n) is 3.92. The fourth-order valence-electron chi connectivity index (χ4n) is 1.85. The van der Waals surface area contributed by atoms with E-state index in [0.717, 1.165) is 0 Å². The molecule has 0 aromatic carbocycles. The molecule has 0 spiro atoms. The number of H-pyrrole nitrogens is 1. The Morgan fingerprint density at radius 3 is 3.00 bits per heavy atom. The summed E-state index contributed by atoms with van der Waals surface area (Å²) in [5.41, 5.74) is 0. The Kier molecular flexibility index (Phi) is 3.74. The Morgan fingerprint density at radius 2 is 2.37 bits per heavy atom. The van der Waals surface area contributed by atoms with Gasteiger partial charge in [-0.25, -0.2) is 4.98 Å². The van der Waals surface area contributed by atoms with Crippen molar-refractivity contribution in [1.82, 2.24) is 25.4 Å². The lowest BCUT2D eigenvalue weighted by Gasteiger charge is -2.33. The zero-order valence-corrected chi connectivity index (χ0v) is 10.3. The van der Waals surface area contributed by atoms with Crippen LogP contribution in [0.15, 0.2) is 6.33 Å². The van der Waals surface area contributed by atoms with E-state index in [0.29, 0.717) is 13.1 Å². The van der Waals surface area contributed by atoms with Crippen molar-refractivity contribution in [1.29, 1.82) is 0 Å². The smallest absolute Gasteiger partial charge is 0.308 e. The van der Waals surface area contributed by atoms with Crippen LogP contribution in [0.25, 0.3) is 0 Å². The lowest BCUT2D eigenvalue weighted by atomic mass is 10.1. The van der Waals surface area contributed by atoms with Crippen LogP contribution in [0.3, 0.4) is 0 Å². The van der Waals surface area contributed by atoms with Gasteiger partial charge in [-0.3, -0.25) is 19.5 Å². The molecule has 1 aromatic rings. The van der Waals surface area contributed by atoms with Crippen LogP contribution in [0.1, 0.15) is 17.0 Å². The molecule has 19 heavy (non-hydrogen) atoms. The minimum atomic E-state index is -0.890. The van der Waals surface area contributed by atoms with E-state index in [1.54, 1.807) is 0 Å². The Morgan fingerprint density at radius 1 is 1.58 bits per heavy atom. The van der Waals surface area contributed by atoms with Crippen molar-refractivity contribution in [3.8, 4) is 0 Å². The number of rotatable bonds is 3. The fraction of sp³-hybridized carbons (Fsp3) is 0.500. The van der Waals surface area contributed by atoms with Crippen LogP contribution in [0.2, 0.25) is 0 Å². The van der Waals surface area contributed by atoms with E-state index in [1.165, 1.54) is 18.3 Å². The Bertz CT molecular complexity index is 486. The van der Waals surface area contributed by atoms with Gasteiger partial charge in [-0.1, -0.05) is 0 Å². The number of esters is 1. The highest BCUT2D eigenvalue weighted by atomic mass is 16.5. The topological polar surface area (TPSA) is 117 Å². The zero-order chi connectivity index (χ0) is 13.8. The third-order valence-electron chi connectivity index (χ3n) is 2.80. The van der Waals surface area contributed by atoms with Gasteiger partial charge in [0.25, 0.3) is 5.91 Å². The molecule has 1 saturated heterocycles. The number of hydrogen-bond donors (Lipinski definition) is 2. The second-order valence-corrected chi connectivity index (χ2v) is 3.92. The van der Waals surface area contributed by atoms with Crippen LogP contribution < -0.4 is 5.32 Å². The maximum Gasteiger partial charge on any atom is 0.308 e. The van der Waals surface area contributed by atoms with Crippen molar-refractivity contribution >= 4 is 17.8 Å². The Balaban J connectivity index is 2.17. The largest absolute Gasteiger partial charge is 0.469 e. The molecule has 2 N–H and O–H groups in total. The third-order valence-corrected chi connectivity index (χ3v) is 2.80. The van der Waals surface area contributed by atoms with E-state index in [4.69, 9.17) is 0 Å². The van der Waals surface area contributed by atoms with Crippen LogP contribution in [0, 0.1) is 0 Å².